The lowest BCUT2D eigenvalue weighted by atomic mass is 9.88. The van der Waals surface area contributed by atoms with Crippen molar-refractivity contribution in [3.05, 3.63) is 58.7 Å². The van der Waals surface area contributed by atoms with Crippen LogP contribution in [0.3, 0.4) is 0 Å². The van der Waals surface area contributed by atoms with E-state index in [9.17, 15) is 30.8 Å². The standard InChI is InChI=1S/C24H27NO8/c25-10-15-9-19(32-17-5-6-31-12-17)18(8-14(15)7-13-1-3-16(27)4-2-13)24-23(30)22(29)21(28)20(11-26)33-24/h1-4,8-9,17,20-24,26-30H,5-7,11-12H2/t17-,20+,21+,22-,23+,24-/m0/s1. The molecule has 0 spiro atoms. The van der Waals surface area contributed by atoms with Crippen molar-refractivity contribution in [2.24, 2.45) is 0 Å². The zero-order valence-electron chi connectivity index (χ0n) is 17.9. The minimum atomic E-state index is -1.54. The Morgan fingerprint density at radius 2 is 1.82 bits per heavy atom. The summed E-state index contributed by atoms with van der Waals surface area (Å²) < 4.78 is 17.2. The molecule has 5 N–H and O–H groups in total. The topological polar surface area (TPSA) is 153 Å². The highest BCUT2D eigenvalue weighted by molar-refractivity contribution is 5.51. The number of hydrogen-bond acceptors (Lipinski definition) is 9. The second-order valence-electron chi connectivity index (χ2n) is 8.36. The van der Waals surface area contributed by atoms with Gasteiger partial charge in [-0.25, -0.2) is 0 Å². The van der Waals surface area contributed by atoms with Gasteiger partial charge in [-0.2, -0.15) is 5.26 Å². The maximum Gasteiger partial charge on any atom is 0.127 e. The molecule has 0 bridgehead atoms. The molecule has 0 amide bonds. The predicted octanol–water partition coefficient (Wildman–Crippen LogP) is 0.537. The van der Waals surface area contributed by atoms with Crippen LogP contribution in [0.2, 0.25) is 0 Å². The molecule has 2 fully saturated rings. The molecule has 2 aromatic rings. The SMILES string of the molecule is N#Cc1cc(O[C@H]2CCOC2)c([C@@H]2O[C@H](CO)[C@@H](O)[C@H](O)[C@H]2O)cc1Cc1ccc(O)cc1. The lowest BCUT2D eigenvalue weighted by molar-refractivity contribution is -0.232. The van der Waals surface area contributed by atoms with Crippen LogP contribution in [0.15, 0.2) is 36.4 Å². The Hall–Kier alpha value is -2.71. The number of aromatic hydroxyl groups is 1. The summed E-state index contributed by atoms with van der Waals surface area (Å²) in [5, 5.41) is 60.1. The highest BCUT2D eigenvalue weighted by Gasteiger charge is 2.45. The third-order valence-electron chi connectivity index (χ3n) is 6.07. The maximum absolute atomic E-state index is 10.7. The molecular formula is C24H27NO8. The zero-order valence-corrected chi connectivity index (χ0v) is 17.9. The van der Waals surface area contributed by atoms with E-state index in [-0.39, 0.29) is 11.9 Å². The van der Waals surface area contributed by atoms with Crippen molar-refractivity contribution in [1.29, 1.82) is 5.26 Å². The molecule has 33 heavy (non-hydrogen) atoms. The number of phenolic OH excluding ortho intramolecular Hbond substituents is 1. The van der Waals surface area contributed by atoms with Gasteiger partial charge in [0.1, 0.15) is 48.1 Å². The number of nitrogens with zero attached hydrogens (tertiary/aromatic N) is 1. The average Bonchev–Trinajstić information content (AvgIpc) is 3.33. The molecule has 2 saturated heterocycles. The molecule has 0 aromatic heterocycles. The van der Waals surface area contributed by atoms with Crippen LogP contribution in [-0.2, 0) is 15.9 Å². The number of aliphatic hydroxyl groups excluding tert-OH is 4. The summed E-state index contributed by atoms with van der Waals surface area (Å²) in [4.78, 5) is 0. The molecule has 0 saturated carbocycles. The Balaban J connectivity index is 1.76. The first-order valence-electron chi connectivity index (χ1n) is 10.8. The number of ether oxygens (including phenoxy) is 3. The number of rotatable bonds is 6. The summed E-state index contributed by atoms with van der Waals surface area (Å²) >= 11 is 0. The monoisotopic (exact) mass is 457 g/mol. The molecule has 2 heterocycles. The minimum Gasteiger partial charge on any atom is -0.508 e. The van der Waals surface area contributed by atoms with E-state index in [1.807, 2.05) is 0 Å². The quantitative estimate of drug-likeness (QED) is 0.418. The molecule has 0 radical (unpaired) electrons. The van der Waals surface area contributed by atoms with Gasteiger partial charge >= 0.3 is 0 Å². The molecule has 2 aliphatic rings. The fourth-order valence-corrected chi connectivity index (χ4v) is 4.20. The smallest absolute Gasteiger partial charge is 0.127 e. The zero-order chi connectivity index (χ0) is 23.5. The molecule has 9 nitrogen and oxygen atoms in total. The van der Waals surface area contributed by atoms with Gasteiger partial charge in [0.15, 0.2) is 0 Å². The first kappa shape index (κ1) is 23.4. The molecular weight excluding hydrogens is 430 g/mol. The second-order valence-corrected chi connectivity index (χ2v) is 8.36. The molecule has 9 heteroatoms. The summed E-state index contributed by atoms with van der Waals surface area (Å²) in [6.07, 6.45) is -5.92. The van der Waals surface area contributed by atoms with Crippen molar-refractivity contribution in [2.45, 2.75) is 49.5 Å². The normalized spacial score (nSPS) is 29.5. The van der Waals surface area contributed by atoms with E-state index < -0.39 is 37.1 Å². The van der Waals surface area contributed by atoms with Crippen molar-refractivity contribution in [1.82, 2.24) is 0 Å². The van der Waals surface area contributed by atoms with Gasteiger partial charge in [0.2, 0.25) is 0 Å². The van der Waals surface area contributed by atoms with Crippen LogP contribution in [-0.4, -0.2) is 75.9 Å². The number of nitriles is 1. The van der Waals surface area contributed by atoms with Crippen LogP contribution >= 0.6 is 0 Å². The molecule has 2 aromatic carbocycles. The molecule has 4 rings (SSSR count). The third kappa shape index (κ3) is 4.96. The highest BCUT2D eigenvalue weighted by atomic mass is 16.6. The van der Waals surface area contributed by atoms with E-state index in [0.29, 0.717) is 48.5 Å². The summed E-state index contributed by atoms with van der Waals surface area (Å²) in [6, 6.07) is 12.0. The Morgan fingerprint density at radius 1 is 1.06 bits per heavy atom. The summed E-state index contributed by atoms with van der Waals surface area (Å²) in [5.41, 5.74) is 2.24. The van der Waals surface area contributed by atoms with Crippen molar-refractivity contribution in [3.8, 4) is 17.6 Å². The summed E-state index contributed by atoms with van der Waals surface area (Å²) in [6.45, 7) is 0.375. The van der Waals surface area contributed by atoms with E-state index in [1.54, 1.807) is 36.4 Å². The van der Waals surface area contributed by atoms with Crippen LogP contribution in [0.4, 0.5) is 0 Å². The summed E-state index contributed by atoms with van der Waals surface area (Å²) in [5.74, 6) is 0.435. The van der Waals surface area contributed by atoms with Gasteiger partial charge < -0.3 is 39.7 Å². The van der Waals surface area contributed by atoms with Crippen LogP contribution in [0, 0.1) is 11.3 Å². The van der Waals surface area contributed by atoms with Gasteiger partial charge in [0, 0.05) is 12.0 Å². The molecule has 0 unspecified atom stereocenters. The Kier molecular flexibility index (Phi) is 7.14. The van der Waals surface area contributed by atoms with E-state index in [2.05, 4.69) is 6.07 Å². The third-order valence-corrected chi connectivity index (χ3v) is 6.07. The van der Waals surface area contributed by atoms with E-state index in [0.717, 1.165) is 5.56 Å². The van der Waals surface area contributed by atoms with Crippen molar-refractivity contribution in [3.63, 3.8) is 0 Å². The van der Waals surface area contributed by atoms with E-state index in [1.165, 1.54) is 0 Å². The molecule has 176 valence electrons. The highest BCUT2D eigenvalue weighted by Crippen LogP contribution is 2.39. The maximum atomic E-state index is 10.7. The molecule has 0 aliphatic carbocycles. The number of benzene rings is 2. The lowest BCUT2D eigenvalue weighted by Gasteiger charge is -2.40. The van der Waals surface area contributed by atoms with Crippen molar-refractivity contribution >= 4 is 0 Å². The van der Waals surface area contributed by atoms with Gasteiger partial charge in [0.05, 0.1) is 31.5 Å². The van der Waals surface area contributed by atoms with Crippen LogP contribution in [0.25, 0.3) is 0 Å². The molecule has 6 atom stereocenters. The molecule has 2 aliphatic heterocycles. The fraction of sp³-hybridized carbons (Fsp3) is 0.458. The van der Waals surface area contributed by atoms with Gasteiger partial charge in [0.25, 0.3) is 0 Å². The van der Waals surface area contributed by atoms with Crippen molar-refractivity contribution in [2.75, 3.05) is 19.8 Å². The summed E-state index contributed by atoms with van der Waals surface area (Å²) in [7, 11) is 0. The van der Waals surface area contributed by atoms with Crippen LogP contribution in [0.5, 0.6) is 11.5 Å². The number of aliphatic hydroxyl groups is 4. The lowest BCUT2D eigenvalue weighted by Crippen LogP contribution is -2.55. The second kappa shape index (κ2) is 10.1. The number of phenols is 1. The van der Waals surface area contributed by atoms with E-state index >= 15 is 0 Å². The van der Waals surface area contributed by atoms with Gasteiger partial charge in [-0.05, 0) is 41.8 Å². The van der Waals surface area contributed by atoms with Crippen LogP contribution in [0.1, 0.15) is 34.8 Å². The van der Waals surface area contributed by atoms with Gasteiger partial charge in [-0.3, -0.25) is 0 Å². The van der Waals surface area contributed by atoms with Gasteiger partial charge in [-0.1, -0.05) is 12.1 Å². The van der Waals surface area contributed by atoms with E-state index in [4.69, 9.17) is 14.2 Å². The first-order valence-corrected chi connectivity index (χ1v) is 10.8. The Bertz CT molecular complexity index is 997. The number of hydrogen-bond donors (Lipinski definition) is 5. The van der Waals surface area contributed by atoms with Crippen molar-refractivity contribution < 1.29 is 39.7 Å². The Morgan fingerprint density at radius 3 is 2.45 bits per heavy atom. The fourth-order valence-electron chi connectivity index (χ4n) is 4.20. The predicted molar refractivity (Wildman–Crippen MR) is 115 cm³/mol. The average molecular weight is 457 g/mol. The largest absolute Gasteiger partial charge is 0.508 e. The minimum absolute atomic E-state index is 0.129. The van der Waals surface area contributed by atoms with Crippen LogP contribution < -0.4 is 4.74 Å². The van der Waals surface area contributed by atoms with Gasteiger partial charge in [-0.15, -0.1) is 0 Å². The first-order chi connectivity index (χ1) is 15.9. The Labute approximate surface area is 191 Å².